The van der Waals surface area contributed by atoms with Crippen LogP contribution in [-0.4, -0.2) is 30.1 Å². The van der Waals surface area contributed by atoms with E-state index in [-0.39, 0.29) is 12.1 Å². The molecule has 0 spiro atoms. The minimum Gasteiger partial charge on any atom is -0.410 e. The van der Waals surface area contributed by atoms with Gasteiger partial charge in [-0.3, -0.25) is 0 Å². The zero-order chi connectivity index (χ0) is 12.8. The number of hydrogen-bond donors (Lipinski definition) is 1. The molecule has 0 radical (unpaired) electrons. The minimum absolute atomic E-state index is 0.115. The molecule has 1 aromatic carbocycles. The zero-order valence-electron chi connectivity index (χ0n) is 10.5. The Bertz CT molecular complexity index is 381. The Morgan fingerprint density at radius 3 is 2.78 bits per heavy atom. The van der Waals surface area contributed by atoms with Crippen molar-refractivity contribution < 1.29 is 9.53 Å². The number of carbonyl (C=O) groups is 1. The predicted molar refractivity (Wildman–Crippen MR) is 70.5 cm³/mol. The largest absolute Gasteiger partial charge is 0.415 e. The Labute approximate surface area is 108 Å². The highest BCUT2D eigenvalue weighted by Crippen LogP contribution is 2.18. The van der Waals surface area contributed by atoms with Crippen molar-refractivity contribution in [2.24, 2.45) is 5.73 Å². The summed E-state index contributed by atoms with van der Waals surface area (Å²) in [5.41, 5.74) is 5.74. The summed E-state index contributed by atoms with van der Waals surface area (Å²) in [6, 6.07) is 9.28. The molecule has 1 unspecified atom stereocenters. The molecule has 1 fully saturated rings. The average molecular weight is 248 g/mol. The molecule has 1 saturated heterocycles. The third-order valence-electron chi connectivity index (χ3n) is 3.33. The molecule has 1 aliphatic heterocycles. The van der Waals surface area contributed by atoms with Gasteiger partial charge in [0.05, 0.1) is 0 Å². The van der Waals surface area contributed by atoms with E-state index in [2.05, 4.69) is 0 Å². The molecule has 0 aliphatic carbocycles. The molecule has 4 heteroatoms. The summed E-state index contributed by atoms with van der Waals surface area (Å²) in [5, 5.41) is 0. The van der Waals surface area contributed by atoms with E-state index in [1.165, 1.54) is 0 Å². The van der Waals surface area contributed by atoms with E-state index in [0.29, 0.717) is 12.3 Å². The van der Waals surface area contributed by atoms with Crippen LogP contribution in [0.15, 0.2) is 30.3 Å². The number of carbonyl (C=O) groups excluding carboxylic acids is 1. The highest BCUT2D eigenvalue weighted by molar-refractivity contribution is 5.71. The maximum absolute atomic E-state index is 12.1. The molecular formula is C14H20N2O2. The van der Waals surface area contributed by atoms with E-state index in [1.54, 1.807) is 17.0 Å². The minimum atomic E-state index is -0.279. The molecule has 2 N–H and O–H groups in total. The molecule has 1 atom stereocenters. The van der Waals surface area contributed by atoms with Gasteiger partial charge in [-0.15, -0.1) is 0 Å². The van der Waals surface area contributed by atoms with Crippen molar-refractivity contribution >= 4 is 6.09 Å². The summed E-state index contributed by atoms with van der Waals surface area (Å²) in [7, 11) is 0. The third-order valence-corrected chi connectivity index (χ3v) is 3.33. The summed E-state index contributed by atoms with van der Waals surface area (Å²) in [6.45, 7) is 1.25. The Morgan fingerprint density at radius 1 is 1.28 bits per heavy atom. The summed E-state index contributed by atoms with van der Waals surface area (Å²) in [5.74, 6) is 0.586. The van der Waals surface area contributed by atoms with E-state index >= 15 is 0 Å². The van der Waals surface area contributed by atoms with Crippen LogP contribution >= 0.6 is 0 Å². The van der Waals surface area contributed by atoms with Gasteiger partial charge in [-0.25, -0.2) is 4.79 Å². The van der Waals surface area contributed by atoms with Gasteiger partial charge in [0.1, 0.15) is 5.75 Å². The summed E-state index contributed by atoms with van der Waals surface area (Å²) >= 11 is 0. The number of hydrogen-bond acceptors (Lipinski definition) is 3. The van der Waals surface area contributed by atoms with Crippen LogP contribution in [0, 0.1) is 0 Å². The number of ether oxygens (including phenoxy) is 1. The third kappa shape index (κ3) is 3.23. The standard InChI is InChI=1S/C14H20N2O2/c15-11-12-7-3-2-6-10-16(12)14(17)18-13-8-4-1-5-9-13/h1,4-5,8-9,12H,2-3,6-7,10-11,15H2. The quantitative estimate of drug-likeness (QED) is 0.874. The molecular weight excluding hydrogens is 228 g/mol. The summed E-state index contributed by atoms with van der Waals surface area (Å²) in [4.78, 5) is 13.9. The Balaban J connectivity index is 2.01. The van der Waals surface area contributed by atoms with E-state index in [1.807, 2.05) is 18.2 Å². The van der Waals surface area contributed by atoms with Crippen LogP contribution in [0.25, 0.3) is 0 Å². The number of likely N-dealkylation sites (tertiary alicyclic amines) is 1. The van der Waals surface area contributed by atoms with Crippen molar-refractivity contribution in [1.29, 1.82) is 0 Å². The lowest BCUT2D eigenvalue weighted by atomic mass is 10.1. The summed E-state index contributed by atoms with van der Waals surface area (Å²) in [6.07, 6.45) is 4.02. The number of nitrogens with two attached hydrogens (primary N) is 1. The van der Waals surface area contributed by atoms with Crippen molar-refractivity contribution in [1.82, 2.24) is 4.90 Å². The van der Waals surface area contributed by atoms with Crippen molar-refractivity contribution in [2.75, 3.05) is 13.1 Å². The van der Waals surface area contributed by atoms with Gasteiger partial charge in [-0.2, -0.15) is 0 Å². The smallest absolute Gasteiger partial charge is 0.410 e. The van der Waals surface area contributed by atoms with Gasteiger partial charge in [-0.1, -0.05) is 31.0 Å². The van der Waals surface area contributed by atoms with Crippen LogP contribution in [0.3, 0.4) is 0 Å². The van der Waals surface area contributed by atoms with Gasteiger partial charge < -0.3 is 15.4 Å². The van der Waals surface area contributed by atoms with Gasteiger partial charge in [0.25, 0.3) is 0 Å². The maximum atomic E-state index is 12.1. The number of nitrogens with zero attached hydrogens (tertiary/aromatic N) is 1. The van der Waals surface area contributed by atoms with Gasteiger partial charge in [-0.05, 0) is 25.0 Å². The van der Waals surface area contributed by atoms with Gasteiger partial charge in [0.2, 0.25) is 0 Å². The van der Waals surface area contributed by atoms with E-state index in [4.69, 9.17) is 10.5 Å². The lowest BCUT2D eigenvalue weighted by Gasteiger charge is -2.28. The first-order valence-corrected chi connectivity index (χ1v) is 6.55. The lowest BCUT2D eigenvalue weighted by Crippen LogP contribution is -2.45. The highest BCUT2D eigenvalue weighted by Gasteiger charge is 2.25. The molecule has 0 saturated carbocycles. The molecule has 0 bridgehead atoms. The van der Waals surface area contributed by atoms with Crippen molar-refractivity contribution in [3.8, 4) is 5.75 Å². The van der Waals surface area contributed by atoms with Crippen molar-refractivity contribution in [2.45, 2.75) is 31.7 Å². The van der Waals surface area contributed by atoms with Crippen molar-refractivity contribution in [3.63, 3.8) is 0 Å². The number of benzene rings is 1. The molecule has 4 nitrogen and oxygen atoms in total. The SMILES string of the molecule is NCC1CCCCCN1C(=O)Oc1ccccc1. The second-order valence-corrected chi connectivity index (χ2v) is 4.61. The molecule has 1 heterocycles. The Morgan fingerprint density at radius 2 is 2.06 bits per heavy atom. The van der Waals surface area contributed by atoms with Crippen LogP contribution in [0.1, 0.15) is 25.7 Å². The van der Waals surface area contributed by atoms with Gasteiger partial charge >= 0.3 is 6.09 Å². The fourth-order valence-electron chi connectivity index (χ4n) is 2.31. The fraction of sp³-hybridized carbons (Fsp3) is 0.500. The number of rotatable bonds is 2. The van der Waals surface area contributed by atoms with Gasteiger partial charge in [0, 0.05) is 19.1 Å². The predicted octanol–water partition coefficient (Wildman–Crippen LogP) is 2.39. The van der Waals surface area contributed by atoms with Crippen LogP contribution in [0.2, 0.25) is 0 Å². The van der Waals surface area contributed by atoms with Crippen molar-refractivity contribution in [3.05, 3.63) is 30.3 Å². The second-order valence-electron chi connectivity index (χ2n) is 4.61. The number of para-hydroxylation sites is 1. The van der Waals surface area contributed by atoms with E-state index in [9.17, 15) is 4.79 Å². The first kappa shape index (κ1) is 12.9. The molecule has 98 valence electrons. The van der Waals surface area contributed by atoms with E-state index < -0.39 is 0 Å². The number of amides is 1. The zero-order valence-corrected chi connectivity index (χ0v) is 10.5. The highest BCUT2D eigenvalue weighted by atomic mass is 16.6. The first-order valence-electron chi connectivity index (χ1n) is 6.55. The van der Waals surface area contributed by atoms with Crippen LogP contribution < -0.4 is 10.5 Å². The summed E-state index contributed by atoms with van der Waals surface area (Å²) < 4.78 is 5.37. The molecule has 2 rings (SSSR count). The topological polar surface area (TPSA) is 55.6 Å². The maximum Gasteiger partial charge on any atom is 0.415 e. The van der Waals surface area contributed by atoms with E-state index in [0.717, 1.165) is 32.2 Å². The molecule has 0 aromatic heterocycles. The van der Waals surface area contributed by atoms with Crippen LogP contribution in [0.5, 0.6) is 5.75 Å². The molecule has 18 heavy (non-hydrogen) atoms. The lowest BCUT2D eigenvalue weighted by molar-refractivity contribution is 0.134. The van der Waals surface area contributed by atoms with Crippen LogP contribution in [-0.2, 0) is 0 Å². The molecule has 1 aliphatic rings. The normalized spacial score (nSPS) is 20.3. The molecule has 1 aromatic rings. The monoisotopic (exact) mass is 248 g/mol. The Kier molecular flexibility index (Phi) is 4.59. The first-order chi connectivity index (χ1) is 8.81. The average Bonchev–Trinajstić information content (AvgIpc) is 2.64. The van der Waals surface area contributed by atoms with Crippen LogP contribution in [0.4, 0.5) is 4.79 Å². The second kappa shape index (κ2) is 6.40. The molecule has 1 amide bonds. The fourth-order valence-corrected chi connectivity index (χ4v) is 2.31. The van der Waals surface area contributed by atoms with Gasteiger partial charge in [0.15, 0.2) is 0 Å². The Hall–Kier alpha value is -1.55.